The standard InChI is InChI=1S/C12H18N2O3S.CH4O/c1-3-4-9-13-12(15)14-18(16,17)11-7-5-10(2)6-8-11;1-2/h5-8H,3-4,9H2,1-2H3,(H2,13,14,15);2H,1H3. The minimum atomic E-state index is -3.78. The van der Waals surface area contributed by atoms with Crippen LogP contribution in [0.5, 0.6) is 0 Å². The van der Waals surface area contributed by atoms with Crippen molar-refractivity contribution in [3.05, 3.63) is 29.8 Å². The van der Waals surface area contributed by atoms with Gasteiger partial charge in [0.2, 0.25) is 0 Å². The molecular weight excluding hydrogens is 280 g/mol. The zero-order valence-corrected chi connectivity index (χ0v) is 12.8. The third-order valence-electron chi connectivity index (χ3n) is 2.37. The van der Waals surface area contributed by atoms with E-state index in [0.29, 0.717) is 6.54 Å². The Bertz CT molecular complexity index is 498. The van der Waals surface area contributed by atoms with Crippen LogP contribution in [-0.4, -0.2) is 33.2 Å². The summed E-state index contributed by atoms with van der Waals surface area (Å²) >= 11 is 0. The zero-order valence-electron chi connectivity index (χ0n) is 12.0. The first-order valence-electron chi connectivity index (χ1n) is 6.27. The Morgan fingerprint density at radius 2 is 1.75 bits per heavy atom. The molecular formula is C13H22N2O4S. The Balaban J connectivity index is 0.00000172. The topological polar surface area (TPSA) is 95.5 Å². The van der Waals surface area contributed by atoms with Gasteiger partial charge < -0.3 is 10.4 Å². The Morgan fingerprint density at radius 1 is 1.20 bits per heavy atom. The van der Waals surface area contributed by atoms with Gasteiger partial charge in [-0.2, -0.15) is 0 Å². The summed E-state index contributed by atoms with van der Waals surface area (Å²) in [4.78, 5) is 11.5. The summed E-state index contributed by atoms with van der Waals surface area (Å²) in [7, 11) is -2.78. The average molecular weight is 302 g/mol. The van der Waals surface area contributed by atoms with Crippen LogP contribution in [0.3, 0.4) is 0 Å². The van der Waals surface area contributed by atoms with Crippen molar-refractivity contribution in [2.75, 3.05) is 13.7 Å². The lowest BCUT2D eigenvalue weighted by atomic mass is 10.2. The Hall–Kier alpha value is -1.60. The number of aliphatic hydroxyl groups excluding tert-OH is 1. The molecule has 1 rings (SSSR count). The number of benzene rings is 1. The smallest absolute Gasteiger partial charge is 0.328 e. The highest BCUT2D eigenvalue weighted by Gasteiger charge is 2.16. The summed E-state index contributed by atoms with van der Waals surface area (Å²) in [6.45, 7) is 4.32. The predicted octanol–water partition coefficient (Wildman–Crippen LogP) is 1.39. The van der Waals surface area contributed by atoms with Crippen LogP contribution in [0.2, 0.25) is 0 Å². The lowest BCUT2D eigenvalue weighted by Crippen LogP contribution is -2.39. The number of carbonyl (C=O) groups is 1. The van der Waals surface area contributed by atoms with Crippen LogP contribution in [0.15, 0.2) is 29.2 Å². The van der Waals surface area contributed by atoms with Crippen molar-refractivity contribution >= 4 is 16.1 Å². The van der Waals surface area contributed by atoms with Gasteiger partial charge in [-0.25, -0.2) is 17.9 Å². The highest BCUT2D eigenvalue weighted by Crippen LogP contribution is 2.09. The third kappa shape index (κ3) is 6.53. The van der Waals surface area contributed by atoms with Crippen LogP contribution >= 0.6 is 0 Å². The molecule has 0 unspecified atom stereocenters. The van der Waals surface area contributed by atoms with E-state index in [4.69, 9.17) is 5.11 Å². The summed E-state index contributed by atoms with van der Waals surface area (Å²) in [6.07, 6.45) is 1.75. The molecule has 0 spiro atoms. The minimum absolute atomic E-state index is 0.0822. The third-order valence-corrected chi connectivity index (χ3v) is 3.72. The van der Waals surface area contributed by atoms with Crippen LogP contribution in [0.4, 0.5) is 4.79 Å². The molecule has 0 saturated heterocycles. The van der Waals surface area contributed by atoms with Crippen molar-refractivity contribution in [2.24, 2.45) is 0 Å². The molecule has 0 bridgehead atoms. The molecule has 7 heteroatoms. The van der Waals surface area contributed by atoms with E-state index in [-0.39, 0.29) is 4.90 Å². The van der Waals surface area contributed by atoms with Gasteiger partial charge in [0.25, 0.3) is 10.0 Å². The number of hydrogen-bond acceptors (Lipinski definition) is 4. The van der Waals surface area contributed by atoms with Gasteiger partial charge in [-0.3, -0.25) is 0 Å². The fraction of sp³-hybridized carbons (Fsp3) is 0.462. The maximum atomic E-state index is 11.8. The van der Waals surface area contributed by atoms with E-state index in [1.807, 2.05) is 18.6 Å². The number of aliphatic hydroxyl groups is 1. The minimum Gasteiger partial charge on any atom is -0.400 e. The number of urea groups is 1. The van der Waals surface area contributed by atoms with Gasteiger partial charge in [0.1, 0.15) is 0 Å². The second kappa shape index (κ2) is 9.33. The lowest BCUT2D eigenvalue weighted by molar-refractivity contribution is 0.245. The number of unbranched alkanes of at least 4 members (excludes halogenated alkanes) is 1. The van der Waals surface area contributed by atoms with E-state index >= 15 is 0 Å². The molecule has 1 aromatic carbocycles. The van der Waals surface area contributed by atoms with Gasteiger partial charge in [0, 0.05) is 13.7 Å². The number of carbonyl (C=O) groups excluding carboxylic acids is 1. The van der Waals surface area contributed by atoms with E-state index < -0.39 is 16.1 Å². The second-order valence-electron chi connectivity index (χ2n) is 4.03. The molecule has 0 aromatic heterocycles. The van der Waals surface area contributed by atoms with Crippen LogP contribution in [-0.2, 0) is 10.0 Å². The van der Waals surface area contributed by atoms with Crippen LogP contribution < -0.4 is 10.0 Å². The number of aryl methyl sites for hydroxylation is 1. The Kier molecular flexibility index (Phi) is 8.58. The van der Waals surface area contributed by atoms with E-state index in [9.17, 15) is 13.2 Å². The highest BCUT2D eigenvalue weighted by molar-refractivity contribution is 7.90. The van der Waals surface area contributed by atoms with Gasteiger partial charge >= 0.3 is 6.03 Å². The molecule has 6 nitrogen and oxygen atoms in total. The van der Waals surface area contributed by atoms with Gasteiger partial charge in [0.15, 0.2) is 0 Å². The van der Waals surface area contributed by atoms with E-state index in [0.717, 1.165) is 25.5 Å². The molecule has 2 amide bonds. The van der Waals surface area contributed by atoms with Crippen molar-refractivity contribution in [1.29, 1.82) is 0 Å². The number of nitrogens with one attached hydrogen (secondary N) is 2. The summed E-state index contributed by atoms with van der Waals surface area (Å²) in [5.74, 6) is 0. The van der Waals surface area contributed by atoms with Gasteiger partial charge in [-0.05, 0) is 25.5 Å². The number of sulfonamides is 1. The normalized spacial score (nSPS) is 10.2. The number of amides is 2. The molecule has 0 aliphatic heterocycles. The summed E-state index contributed by atoms with van der Waals surface area (Å²) in [5, 5.41) is 9.49. The quantitative estimate of drug-likeness (QED) is 0.716. The zero-order chi connectivity index (χ0) is 15.6. The fourth-order valence-electron chi connectivity index (χ4n) is 1.31. The van der Waals surface area contributed by atoms with Crippen molar-refractivity contribution in [3.8, 4) is 0 Å². The van der Waals surface area contributed by atoms with E-state index in [2.05, 4.69) is 5.32 Å². The maximum absolute atomic E-state index is 11.8. The van der Waals surface area contributed by atoms with Crippen molar-refractivity contribution < 1.29 is 18.3 Å². The molecule has 1 aromatic rings. The molecule has 0 heterocycles. The Morgan fingerprint density at radius 3 is 2.25 bits per heavy atom. The van der Waals surface area contributed by atoms with Crippen LogP contribution in [0.1, 0.15) is 25.3 Å². The fourth-order valence-corrected chi connectivity index (χ4v) is 2.24. The molecule has 20 heavy (non-hydrogen) atoms. The molecule has 0 radical (unpaired) electrons. The van der Waals surface area contributed by atoms with Crippen molar-refractivity contribution in [1.82, 2.24) is 10.0 Å². The number of rotatable bonds is 5. The summed E-state index contributed by atoms with van der Waals surface area (Å²) in [5.41, 5.74) is 0.960. The molecule has 3 N–H and O–H groups in total. The number of hydrogen-bond donors (Lipinski definition) is 3. The van der Waals surface area contributed by atoms with Crippen molar-refractivity contribution in [3.63, 3.8) is 0 Å². The average Bonchev–Trinajstić information content (AvgIpc) is 2.41. The lowest BCUT2D eigenvalue weighted by Gasteiger charge is -2.08. The molecule has 0 fully saturated rings. The second-order valence-corrected chi connectivity index (χ2v) is 5.71. The SMILES string of the molecule is CCCCNC(=O)NS(=O)(=O)c1ccc(C)cc1.CO. The highest BCUT2D eigenvalue weighted by atomic mass is 32.2. The first-order chi connectivity index (χ1) is 9.45. The maximum Gasteiger partial charge on any atom is 0.328 e. The molecule has 0 saturated carbocycles. The molecule has 0 atom stereocenters. The monoisotopic (exact) mass is 302 g/mol. The van der Waals surface area contributed by atoms with E-state index in [1.54, 1.807) is 12.1 Å². The van der Waals surface area contributed by atoms with Crippen molar-refractivity contribution in [2.45, 2.75) is 31.6 Å². The van der Waals surface area contributed by atoms with Gasteiger partial charge in [-0.15, -0.1) is 0 Å². The van der Waals surface area contributed by atoms with Gasteiger partial charge in [0.05, 0.1) is 4.90 Å². The van der Waals surface area contributed by atoms with Gasteiger partial charge in [-0.1, -0.05) is 31.0 Å². The van der Waals surface area contributed by atoms with Crippen LogP contribution in [0.25, 0.3) is 0 Å². The largest absolute Gasteiger partial charge is 0.400 e. The van der Waals surface area contributed by atoms with Crippen LogP contribution in [0, 0.1) is 6.92 Å². The first kappa shape index (κ1) is 18.4. The molecule has 0 aliphatic rings. The molecule has 0 aliphatic carbocycles. The Labute approximate surface area is 120 Å². The first-order valence-corrected chi connectivity index (χ1v) is 7.76. The molecule has 114 valence electrons. The predicted molar refractivity (Wildman–Crippen MR) is 78.0 cm³/mol. The van der Waals surface area contributed by atoms with E-state index in [1.165, 1.54) is 12.1 Å². The summed E-state index contributed by atoms with van der Waals surface area (Å²) in [6, 6.07) is 5.62. The summed E-state index contributed by atoms with van der Waals surface area (Å²) < 4.78 is 25.6.